The first-order valence-electron chi connectivity index (χ1n) is 7.90. The number of hydrogen-bond donors (Lipinski definition) is 0. The highest BCUT2D eigenvalue weighted by atomic mass is 14.0. The SMILES string of the molecule is C=C(c1ccccc1)c1ccccc1.C=Cc1ccccc1C=C. The molecule has 0 saturated heterocycles. The van der Waals surface area contributed by atoms with Gasteiger partial charge in [-0.2, -0.15) is 0 Å². The van der Waals surface area contributed by atoms with Crippen LogP contribution in [0.25, 0.3) is 17.7 Å². The third kappa shape index (κ3) is 4.69. The van der Waals surface area contributed by atoms with Gasteiger partial charge in [-0.25, -0.2) is 0 Å². The molecule has 0 aliphatic rings. The van der Waals surface area contributed by atoms with Gasteiger partial charge < -0.3 is 0 Å². The van der Waals surface area contributed by atoms with E-state index < -0.39 is 0 Å². The average Bonchev–Trinajstić information content (AvgIpc) is 2.69. The first-order valence-corrected chi connectivity index (χ1v) is 7.90. The quantitative estimate of drug-likeness (QED) is 0.501. The van der Waals surface area contributed by atoms with Crippen LogP contribution in [0.4, 0.5) is 0 Å². The maximum Gasteiger partial charge on any atom is -0.0183 e. The molecular weight excluding hydrogens is 288 g/mol. The van der Waals surface area contributed by atoms with Gasteiger partial charge in [0.15, 0.2) is 0 Å². The van der Waals surface area contributed by atoms with Crippen molar-refractivity contribution in [2.24, 2.45) is 0 Å². The molecule has 0 spiro atoms. The van der Waals surface area contributed by atoms with Crippen LogP contribution < -0.4 is 0 Å². The Labute approximate surface area is 145 Å². The monoisotopic (exact) mass is 310 g/mol. The summed E-state index contributed by atoms with van der Waals surface area (Å²) < 4.78 is 0. The van der Waals surface area contributed by atoms with Crippen LogP contribution in [0.1, 0.15) is 22.3 Å². The largest absolute Gasteiger partial charge is 0.0984 e. The minimum atomic E-state index is 1.08. The Morgan fingerprint density at radius 1 is 0.542 bits per heavy atom. The van der Waals surface area contributed by atoms with Gasteiger partial charge in [0, 0.05) is 0 Å². The summed E-state index contributed by atoms with van der Waals surface area (Å²) in [6.07, 6.45) is 3.66. The molecule has 0 amide bonds. The molecule has 0 aromatic heterocycles. The predicted molar refractivity (Wildman–Crippen MR) is 108 cm³/mol. The molecule has 3 aromatic rings. The lowest BCUT2D eigenvalue weighted by molar-refractivity contribution is 1.56. The number of benzene rings is 3. The van der Waals surface area contributed by atoms with Crippen LogP contribution in [0.2, 0.25) is 0 Å². The molecule has 3 aromatic carbocycles. The van der Waals surface area contributed by atoms with E-state index in [-0.39, 0.29) is 0 Å². The summed E-state index contributed by atoms with van der Waals surface area (Å²) in [6.45, 7) is 11.5. The third-order valence-electron chi connectivity index (χ3n) is 3.68. The van der Waals surface area contributed by atoms with E-state index in [9.17, 15) is 0 Å². The van der Waals surface area contributed by atoms with E-state index in [4.69, 9.17) is 0 Å². The molecule has 0 aliphatic heterocycles. The first-order chi connectivity index (χ1) is 11.8. The van der Waals surface area contributed by atoms with Gasteiger partial charge in [0.1, 0.15) is 0 Å². The molecule has 0 atom stereocenters. The van der Waals surface area contributed by atoms with Gasteiger partial charge in [0.2, 0.25) is 0 Å². The lowest BCUT2D eigenvalue weighted by atomic mass is 10.0. The smallest absolute Gasteiger partial charge is 0.0183 e. The number of rotatable bonds is 4. The molecule has 0 heterocycles. The second kappa shape index (κ2) is 9.12. The van der Waals surface area contributed by atoms with Gasteiger partial charge in [-0.1, -0.05) is 117 Å². The third-order valence-corrected chi connectivity index (χ3v) is 3.68. The lowest BCUT2D eigenvalue weighted by Gasteiger charge is -2.04. The Bertz CT molecular complexity index is 727. The zero-order valence-corrected chi connectivity index (χ0v) is 13.9. The molecule has 3 rings (SSSR count). The Hall–Kier alpha value is -3.12. The van der Waals surface area contributed by atoms with Crippen molar-refractivity contribution >= 4 is 17.7 Å². The minimum absolute atomic E-state index is 1.08. The summed E-state index contributed by atoms with van der Waals surface area (Å²) >= 11 is 0. The van der Waals surface area contributed by atoms with E-state index in [1.54, 1.807) is 0 Å². The summed E-state index contributed by atoms with van der Waals surface area (Å²) in [7, 11) is 0. The highest BCUT2D eigenvalue weighted by Crippen LogP contribution is 2.20. The molecule has 0 nitrogen and oxygen atoms in total. The highest BCUT2D eigenvalue weighted by Gasteiger charge is 1.99. The molecule has 0 heteroatoms. The van der Waals surface area contributed by atoms with Gasteiger partial charge >= 0.3 is 0 Å². The van der Waals surface area contributed by atoms with Crippen LogP contribution in [0.3, 0.4) is 0 Å². The molecule has 24 heavy (non-hydrogen) atoms. The molecule has 0 fully saturated rings. The molecule has 0 radical (unpaired) electrons. The van der Waals surface area contributed by atoms with Crippen molar-refractivity contribution in [2.75, 3.05) is 0 Å². The second-order valence-corrected chi connectivity index (χ2v) is 5.25. The molecule has 118 valence electrons. The molecule has 0 N–H and O–H groups in total. The summed E-state index contributed by atoms with van der Waals surface area (Å²) in [6, 6.07) is 28.5. The van der Waals surface area contributed by atoms with Crippen LogP contribution in [0, 0.1) is 0 Å². The van der Waals surface area contributed by atoms with Gasteiger partial charge in [-0.15, -0.1) is 0 Å². The molecular formula is C24H22. The molecule has 0 aliphatic carbocycles. The average molecular weight is 310 g/mol. The van der Waals surface area contributed by atoms with Crippen molar-refractivity contribution in [2.45, 2.75) is 0 Å². The summed E-state index contributed by atoms with van der Waals surface area (Å²) in [4.78, 5) is 0. The summed E-state index contributed by atoms with van der Waals surface area (Å²) in [5.74, 6) is 0. The highest BCUT2D eigenvalue weighted by molar-refractivity contribution is 5.77. The van der Waals surface area contributed by atoms with Crippen LogP contribution in [-0.2, 0) is 0 Å². The van der Waals surface area contributed by atoms with Gasteiger partial charge in [0.05, 0.1) is 0 Å². The van der Waals surface area contributed by atoms with Crippen molar-refractivity contribution in [3.8, 4) is 0 Å². The van der Waals surface area contributed by atoms with Crippen molar-refractivity contribution in [3.63, 3.8) is 0 Å². The fraction of sp³-hybridized carbons (Fsp3) is 0. The van der Waals surface area contributed by atoms with Crippen LogP contribution in [-0.4, -0.2) is 0 Å². The van der Waals surface area contributed by atoms with E-state index in [0.29, 0.717) is 0 Å². The Morgan fingerprint density at radius 2 is 0.875 bits per heavy atom. The fourth-order valence-electron chi connectivity index (χ4n) is 2.33. The zero-order chi connectivity index (χ0) is 17.2. The Morgan fingerprint density at radius 3 is 1.21 bits per heavy atom. The Kier molecular flexibility index (Phi) is 6.55. The first kappa shape index (κ1) is 17.2. The van der Waals surface area contributed by atoms with Gasteiger partial charge in [-0.3, -0.25) is 0 Å². The predicted octanol–water partition coefficient (Wildman–Crippen LogP) is 6.72. The normalized spacial score (nSPS) is 9.33. The number of hydrogen-bond acceptors (Lipinski definition) is 0. The molecule has 0 unspecified atom stereocenters. The summed E-state index contributed by atoms with van der Waals surface area (Å²) in [5.41, 5.74) is 5.71. The van der Waals surface area contributed by atoms with Crippen molar-refractivity contribution in [1.82, 2.24) is 0 Å². The van der Waals surface area contributed by atoms with E-state index in [0.717, 1.165) is 16.7 Å². The van der Waals surface area contributed by atoms with Crippen molar-refractivity contribution in [3.05, 3.63) is 127 Å². The maximum absolute atomic E-state index is 4.10. The van der Waals surface area contributed by atoms with E-state index in [1.807, 2.05) is 72.8 Å². The Balaban J connectivity index is 0.000000185. The fourth-order valence-corrected chi connectivity index (χ4v) is 2.33. The van der Waals surface area contributed by atoms with Gasteiger partial charge in [0.25, 0.3) is 0 Å². The lowest BCUT2D eigenvalue weighted by Crippen LogP contribution is -1.84. The molecule has 0 saturated carbocycles. The maximum atomic E-state index is 4.10. The van der Waals surface area contributed by atoms with E-state index >= 15 is 0 Å². The van der Waals surface area contributed by atoms with Gasteiger partial charge in [-0.05, 0) is 27.8 Å². The van der Waals surface area contributed by atoms with Crippen LogP contribution in [0.5, 0.6) is 0 Å². The van der Waals surface area contributed by atoms with E-state index in [1.165, 1.54) is 11.1 Å². The van der Waals surface area contributed by atoms with Crippen LogP contribution in [0.15, 0.2) is 105 Å². The minimum Gasteiger partial charge on any atom is -0.0984 e. The van der Waals surface area contributed by atoms with E-state index in [2.05, 4.69) is 44.0 Å². The second-order valence-electron chi connectivity index (χ2n) is 5.25. The van der Waals surface area contributed by atoms with Crippen LogP contribution >= 0.6 is 0 Å². The zero-order valence-electron chi connectivity index (χ0n) is 13.9. The summed E-state index contributed by atoms with van der Waals surface area (Å²) in [5, 5.41) is 0. The van der Waals surface area contributed by atoms with Crippen molar-refractivity contribution in [1.29, 1.82) is 0 Å². The molecule has 0 bridgehead atoms. The standard InChI is InChI=1S/C14H12.C10H10/c1-12(13-8-4-2-5-9-13)14-10-6-3-7-11-14;1-3-9-7-5-6-8-10(9)4-2/h2-11H,1H2;3-8H,1-2H2. The van der Waals surface area contributed by atoms with Crippen molar-refractivity contribution < 1.29 is 0 Å². The topological polar surface area (TPSA) is 0 Å².